The van der Waals surface area contributed by atoms with Crippen LogP contribution in [0.4, 0.5) is 0 Å². The van der Waals surface area contributed by atoms with Crippen LogP contribution in [0.3, 0.4) is 0 Å². The Bertz CT molecular complexity index is 4200. The summed E-state index contributed by atoms with van der Waals surface area (Å²) in [6.07, 6.45) is 3.52. The number of rotatable bonds is 8. The van der Waals surface area contributed by atoms with Crippen molar-refractivity contribution in [2.75, 3.05) is 0 Å². The molecular formula is C70H64N4OPt-2. The van der Waals surface area contributed by atoms with E-state index in [1.165, 1.54) is 33.4 Å². The Morgan fingerprint density at radius 2 is 1.17 bits per heavy atom. The predicted molar refractivity (Wildman–Crippen MR) is 311 cm³/mol. The number of hydrogen-bond donors (Lipinski definition) is 0. The summed E-state index contributed by atoms with van der Waals surface area (Å²) in [5.41, 5.74) is 17.4. The van der Waals surface area contributed by atoms with Crippen molar-refractivity contribution >= 4 is 32.8 Å². The predicted octanol–water partition coefficient (Wildman–Crippen LogP) is 18.1. The summed E-state index contributed by atoms with van der Waals surface area (Å²) in [5, 5.41) is 1.96. The molecule has 5 nitrogen and oxygen atoms in total. The molecule has 1 atom stereocenters. The van der Waals surface area contributed by atoms with Crippen molar-refractivity contribution in [3.8, 4) is 56.4 Å². The first-order valence-electron chi connectivity index (χ1n) is 27.9. The average Bonchev–Trinajstić information content (AvgIpc) is 4.18. The summed E-state index contributed by atoms with van der Waals surface area (Å²) < 4.78 is 41.1. The van der Waals surface area contributed by atoms with Crippen molar-refractivity contribution in [3.63, 3.8) is 0 Å². The van der Waals surface area contributed by atoms with Gasteiger partial charge in [-0.15, -0.1) is 0 Å². The Hall–Kier alpha value is -7.33. The molecular weight excluding hydrogens is 1110 g/mol. The smallest absolute Gasteiger partial charge is 0.238 e. The summed E-state index contributed by atoms with van der Waals surface area (Å²) in [6, 6.07) is 67.2. The maximum absolute atomic E-state index is 8.72. The van der Waals surface area contributed by atoms with Crippen LogP contribution in [-0.2, 0) is 42.0 Å². The van der Waals surface area contributed by atoms with Gasteiger partial charge >= 0.3 is 341 Å². The van der Waals surface area contributed by atoms with Gasteiger partial charge in [-0.25, -0.2) is 4.98 Å². The van der Waals surface area contributed by atoms with Gasteiger partial charge in [0.25, 0.3) is 0 Å². The Morgan fingerprint density at radius 3 is 1.87 bits per heavy atom. The van der Waals surface area contributed by atoms with E-state index in [4.69, 9.17) is 13.8 Å². The number of benzene rings is 8. The third-order valence-electron chi connectivity index (χ3n) is 15.4. The minimum atomic E-state index is -2.40. The van der Waals surface area contributed by atoms with E-state index in [-0.39, 0.29) is 27.9 Å². The van der Waals surface area contributed by atoms with Gasteiger partial charge in [-0.2, -0.15) is 0 Å². The topological polar surface area (TPSA) is 36.9 Å². The number of para-hydroxylation sites is 4. The van der Waals surface area contributed by atoms with Crippen molar-refractivity contribution in [3.05, 3.63) is 225 Å². The number of aromatic nitrogens is 4. The van der Waals surface area contributed by atoms with E-state index >= 15 is 0 Å². The molecule has 382 valence electrons. The van der Waals surface area contributed by atoms with Gasteiger partial charge in [-0.05, 0) is 41.1 Å². The van der Waals surface area contributed by atoms with Crippen LogP contribution in [0.5, 0.6) is 11.5 Å². The van der Waals surface area contributed by atoms with E-state index in [1.54, 1.807) is 12.3 Å². The number of hydrogen-bond acceptors (Lipinski definition) is 2. The average molecular weight is 1180 g/mol. The molecule has 12 rings (SSSR count). The fraction of sp³-hybridized carbons (Fsp3) is 0.229. The Labute approximate surface area is 463 Å². The van der Waals surface area contributed by atoms with Crippen molar-refractivity contribution < 1.29 is 28.2 Å². The van der Waals surface area contributed by atoms with Gasteiger partial charge in [0, 0.05) is 15.9 Å². The monoisotopic (exact) mass is 1170 g/mol. The van der Waals surface area contributed by atoms with Gasteiger partial charge in [0.15, 0.2) is 0 Å². The summed E-state index contributed by atoms with van der Waals surface area (Å²) >= 11 is 2.57. The second-order valence-electron chi connectivity index (χ2n) is 23.6. The van der Waals surface area contributed by atoms with Crippen molar-refractivity contribution in [2.45, 2.75) is 104 Å². The number of nitrogens with zero attached hydrogens (tertiary/aromatic N) is 4. The first kappa shape index (κ1) is 46.0. The van der Waals surface area contributed by atoms with Gasteiger partial charge in [0.05, 0.1) is 0 Å². The van der Waals surface area contributed by atoms with Crippen molar-refractivity contribution in [1.29, 1.82) is 0 Å². The zero-order chi connectivity index (χ0) is 55.3. The van der Waals surface area contributed by atoms with Crippen LogP contribution >= 0.6 is 0 Å². The second kappa shape index (κ2) is 18.7. The van der Waals surface area contributed by atoms with Crippen LogP contribution in [0, 0.1) is 22.8 Å². The molecule has 3 heterocycles. The standard InChI is InChI=1S/C70H64N4O.Pt/c1-45-37-66(71-43-60(45)48-27-31-50(32-28-48)68(2,3)4)74-62-24-15-14-21-57(62)58-35-34-54(42-65(58)74)75-53-33-29-47-30-36-61(59(47)41-53)72-44-73(64-26-17-16-25-63(64)72)67-55(46-19-12-11-13-20-46)22-18-23-56(67)49-38-51(69(5,6)7)40-52(39-49)70(8,9)10;/h11-29,31-35,37-40,43,61H,30,36H2,1-10H3;/q-2;/i1D3;. The molecule has 1 aliphatic carbocycles. The molecule has 0 fully saturated rings. The number of ether oxygens (including phenoxy) is 1. The molecule has 0 aliphatic heterocycles. The molecule has 0 radical (unpaired) electrons. The maximum atomic E-state index is 8.72. The number of aryl methyl sites for hydroxylation is 2. The Morgan fingerprint density at radius 1 is 0.553 bits per heavy atom. The molecule has 0 spiro atoms. The first-order valence-corrected chi connectivity index (χ1v) is 27.6. The van der Waals surface area contributed by atoms with E-state index in [2.05, 4.69) is 224 Å². The van der Waals surface area contributed by atoms with Crippen LogP contribution in [0.25, 0.3) is 77.7 Å². The summed E-state index contributed by atoms with van der Waals surface area (Å²) in [6.45, 7) is 18.0. The molecule has 11 aromatic rings. The van der Waals surface area contributed by atoms with E-state index in [9.17, 15) is 0 Å². The second-order valence-corrected chi connectivity index (χ2v) is 24.6. The molecule has 0 saturated heterocycles. The van der Waals surface area contributed by atoms with Crippen LogP contribution < -0.4 is 4.74 Å². The van der Waals surface area contributed by atoms with E-state index in [0.717, 1.165) is 77.4 Å². The third kappa shape index (κ3) is 8.81. The minimum Gasteiger partial charge on any atom is -0.238 e. The molecule has 1 aliphatic rings. The SMILES string of the molecule is [2H]C([2H])([2H])c1cc(-n2c3[c-]c(Oc4[c-]c5c(cc4)CCC5n4[c](=[Pt])n(-c5c(-c6ccccc6)cccc5-c5cc(C(C)(C)C)cc(C(C)(C)C)c5)c5ccccc54)ccc3c3ccccc32)ncc1-c1ccc(C(C)(C)C)cc1. The number of fused-ring (bicyclic) bond motifs is 5. The zero-order valence-corrected chi connectivity index (χ0v) is 47.0. The molecule has 1 unspecified atom stereocenters. The Balaban J connectivity index is 0.958. The van der Waals surface area contributed by atoms with Crippen LogP contribution in [0.15, 0.2) is 176 Å². The third-order valence-corrected chi connectivity index (χ3v) is 16.4. The summed E-state index contributed by atoms with van der Waals surface area (Å²) in [4.78, 5) is 4.99. The fourth-order valence-corrected chi connectivity index (χ4v) is 12.3. The van der Waals surface area contributed by atoms with Gasteiger partial charge < -0.3 is 0 Å². The molecule has 3 aromatic heterocycles. The summed E-state index contributed by atoms with van der Waals surface area (Å²) in [7, 11) is 0. The van der Waals surface area contributed by atoms with Gasteiger partial charge in [-0.3, -0.25) is 0 Å². The number of imidazole rings is 1. The molecule has 0 amide bonds. The van der Waals surface area contributed by atoms with Gasteiger partial charge in [-0.1, -0.05) is 63.2 Å². The van der Waals surface area contributed by atoms with Crippen LogP contribution in [-0.4, -0.2) is 18.7 Å². The molecule has 0 bridgehead atoms. The number of pyridine rings is 1. The van der Waals surface area contributed by atoms with Crippen LogP contribution in [0.1, 0.15) is 112 Å². The normalized spacial score (nSPS) is 14.8. The van der Waals surface area contributed by atoms with E-state index in [0.29, 0.717) is 22.9 Å². The van der Waals surface area contributed by atoms with E-state index < -0.39 is 6.85 Å². The zero-order valence-electron chi connectivity index (χ0n) is 47.7. The molecule has 76 heavy (non-hydrogen) atoms. The van der Waals surface area contributed by atoms with Crippen LogP contribution in [0.2, 0.25) is 0 Å². The molecule has 8 aromatic carbocycles. The quantitative estimate of drug-likeness (QED) is 0.142. The van der Waals surface area contributed by atoms with Crippen molar-refractivity contribution in [2.24, 2.45) is 0 Å². The van der Waals surface area contributed by atoms with E-state index in [1.807, 2.05) is 47.0 Å². The van der Waals surface area contributed by atoms with Crippen molar-refractivity contribution in [1.82, 2.24) is 18.7 Å². The van der Waals surface area contributed by atoms with Gasteiger partial charge in [0.2, 0.25) is 0 Å². The van der Waals surface area contributed by atoms with Gasteiger partial charge in [0.1, 0.15) is 0 Å². The Kier molecular flexibility index (Phi) is 11.3. The fourth-order valence-electron chi connectivity index (χ4n) is 11.2. The first-order chi connectivity index (χ1) is 37.6. The molecule has 0 saturated carbocycles. The molecule has 0 N–H and O–H groups in total. The summed E-state index contributed by atoms with van der Waals surface area (Å²) in [5.74, 6) is 1.60. The minimum absolute atomic E-state index is 0.0202. The molecule has 6 heteroatoms.